The standard InChI is InChI=1S/C29H24FN7O2/c1-37(2)28(38)17-5-9-21(10-6-17)33-29(39)35-24-12-8-19(14-23(24)30)27-34-25-15-18(20-4-3-13-32-16-20)7-11-22(25)26(31)36-27/h3-16H,1-2H3,(H2,31,34,36)(H2,33,35,39). The molecule has 0 aliphatic heterocycles. The normalized spacial score (nSPS) is 10.7. The van der Waals surface area contributed by atoms with Gasteiger partial charge in [0.2, 0.25) is 0 Å². The number of hydrogen-bond donors (Lipinski definition) is 3. The lowest BCUT2D eigenvalue weighted by atomic mass is 10.1. The van der Waals surface area contributed by atoms with Crippen LogP contribution in [0.15, 0.2) is 85.2 Å². The first-order valence-electron chi connectivity index (χ1n) is 12.0. The molecule has 0 spiro atoms. The van der Waals surface area contributed by atoms with Crippen molar-refractivity contribution in [3.8, 4) is 22.5 Å². The fourth-order valence-corrected chi connectivity index (χ4v) is 3.99. The van der Waals surface area contributed by atoms with Crippen LogP contribution in [0.2, 0.25) is 0 Å². The number of halogens is 1. The van der Waals surface area contributed by atoms with Crippen LogP contribution in [-0.4, -0.2) is 45.9 Å². The number of carbonyl (C=O) groups excluding carboxylic acids is 2. The molecule has 5 rings (SSSR count). The second-order valence-corrected chi connectivity index (χ2v) is 8.96. The van der Waals surface area contributed by atoms with Crippen molar-refractivity contribution in [1.82, 2.24) is 19.9 Å². The van der Waals surface area contributed by atoms with Gasteiger partial charge in [-0.05, 0) is 66.2 Å². The van der Waals surface area contributed by atoms with Gasteiger partial charge in [-0.3, -0.25) is 9.78 Å². The minimum Gasteiger partial charge on any atom is -0.383 e. The van der Waals surface area contributed by atoms with Crippen molar-refractivity contribution in [3.05, 3.63) is 96.6 Å². The number of fused-ring (bicyclic) bond motifs is 1. The van der Waals surface area contributed by atoms with Gasteiger partial charge in [-0.1, -0.05) is 12.1 Å². The molecule has 0 bridgehead atoms. The fourth-order valence-electron chi connectivity index (χ4n) is 3.99. The summed E-state index contributed by atoms with van der Waals surface area (Å²) in [6.45, 7) is 0. The first kappa shape index (κ1) is 25.3. The molecule has 0 saturated carbocycles. The number of anilines is 3. The van der Waals surface area contributed by atoms with E-state index in [-0.39, 0.29) is 23.2 Å². The molecule has 0 aliphatic rings. The fraction of sp³-hybridized carbons (Fsp3) is 0.0690. The zero-order valence-electron chi connectivity index (χ0n) is 21.1. The lowest BCUT2D eigenvalue weighted by Crippen LogP contribution is -2.22. The Kier molecular flexibility index (Phi) is 6.83. The van der Waals surface area contributed by atoms with Crippen molar-refractivity contribution in [2.24, 2.45) is 0 Å². The minimum atomic E-state index is -0.666. The molecular formula is C29H24FN7O2. The van der Waals surface area contributed by atoms with Crippen molar-refractivity contribution in [1.29, 1.82) is 0 Å². The Balaban J connectivity index is 1.34. The summed E-state index contributed by atoms with van der Waals surface area (Å²) < 4.78 is 15.0. The molecule has 2 aromatic heterocycles. The van der Waals surface area contributed by atoms with Gasteiger partial charge < -0.3 is 21.3 Å². The number of rotatable bonds is 5. The number of benzene rings is 3. The summed E-state index contributed by atoms with van der Waals surface area (Å²) in [6.07, 6.45) is 3.46. The maximum atomic E-state index is 15.0. The maximum Gasteiger partial charge on any atom is 0.323 e. The van der Waals surface area contributed by atoms with Crippen molar-refractivity contribution in [2.45, 2.75) is 0 Å². The van der Waals surface area contributed by atoms with Crippen molar-refractivity contribution in [2.75, 3.05) is 30.5 Å². The molecule has 0 unspecified atom stereocenters. The highest BCUT2D eigenvalue weighted by molar-refractivity contribution is 6.01. The van der Waals surface area contributed by atoms with Crippen LogP contribution in [0.1, 0.15) is 10.4 Å². The number of aromatic nitrogens is 3. The van der Waals surface area contributed by atoms with Crippen LogP contribution in [0.4, 0.5) is 26.4 Å². The zero-order valence-corrected chi connectivity index (χ0v) is 21.1. The lowest BCUT2D eigenvalue weighted by Gasteiger charge is -2.12. The number of nitrogens with two attached hydrogens (primary N) is 1. The van der Waals surface area contributed by atoms with Crippen LogP contribution in [-0.2, 0) is 0 Å². The molecule has 39 heavy (non-hydrogen) atoms. The third kappa shape index (κ3) is 5.49. The Labute approximate surface area is 223 Å². The number of nitrogen functional groups attached to an aromatic ring is 1. The van der Waals surface area contributed by atoms with E-state index >= 15 is 0 Å². The van der Waals surface area contributed by atoms with Crippen LogP contribution >= 0.6 is 0 Å². The number of nitrogens with one attached hydrogen (secondary N) is 2. The number of amides is 3. The third-order valence-electron chi connectivity index (χ3n) is 5.99. The van der Waals surface area contributed by atoms with E-state index in [0.29, 0.717) is 27.7 Å². The monoisotopic (exact) mass is 521 g/mol. The van der Waals surface area contributed by atoms with Gasteiger partial charge in [0.25, 0.3) is 5.91 Å². The molecule has 5 aromatic rings. The molecule has 4 N–H and O–H groups in total. The highest BCUT2D eigenvalue weighted by atomic mass is 19.1. The van der Waals surface area contributed by atoms with Crippen LogP contribution < -0.4 is 16.4 Å². The van der Waals surface area contributed by atoms with Crippen molar-refractivity contribution >= 4 is 40.0 Å². The van der Waals surface area contributed by atoms with E-state index in [1.807, 2.05) is 30.3 Å². The summed E-state index contributed by atoms with van der Waals surface area (Å²) in [5.74, 6) is -0.293. The van der Waals surface area contributed by atoms with Crippen LogP contribution in [0.25, 0.3) is 33.4 Å². The zero-order chi connectivity index (χ0) is 27.5. The SMILES string of the molecule is CN(C)C(=O)c1ccc(NC(=O)Nc2ccc(-c3nc(N)c4ccc(-c5cccnc5)cc4n3)cc2F)cc1. The molecular weight excluding hydrogens is 497 g/mol. The maximum absolute atomic E-state index is 15.0. The molecule has 9 nitrogen and oxygen atoms in total. The van der Waals surface area contributed by atoms with Crippen LogP contribution in [0, 0.1) is 5.82 Å². The number of hydrogen-bond acceptors (Lipinski definition) is 6. The molecule has 0 fully saturated rings. The minimum absolute atomic E-state index is 0.0247. The predicted octanol–water partition coefficient (Wildman–Crippen LogP) is 5.43. The Morgan fingerprint density at radius 3 is 2.33 bits per heavy atom. The van der Waals surface area contributed by atoms with Gasteiger partial charge in [-0.25, -0.2) is 19.2 Å². The average molecular weight is 522 g/mol. The van der Waals surface area contributed by atoms with E-state index in [4.69, 9.17) is 5.73 Å². The highest BCUT2D eigenvalue weighted by Gasteiger charge is 2.14. The second kappa shape index (κ2) is 10.5. The van der Waals surface area contributed by atoms with Gasteiger partial charge in [-0.2, -0.15) is 0 Å². The van der Waals surface area contributed by atoms with Gasteiger partial charge in [0, 0.05) is 54.3 Å². The van der Waals surface area contributed by atoms with Crippen molar-refractivity contribution < 1.29 is 14.0 Å². The van der Waals surface area contributed by atoms with E-state index in [1.54, 1.807) is 56.8 Å². The molecule has 3 aromatic carbocycles. The van der Waals surface area contributed by atoms with E-state index in [2.05, 4.69) is 25.6 Å². The van der Waals surface area contributed by atoms with Crippen LogP contribution in [0.5, 0.6) is 0 Å². The molecule has 2 heterocycles. The quantitative estimate of drug-likeness (QED) is 0.283. The second-order valence-electron chi connectivity index (χ2n) is 8.96. The Hall–Kier alpha value is -5.38. The summed E-state index contributed by atoms with van der Waals surface area (Å²) in [7, 11) is 3.31. The molecule has 0 radical (unpaired) electrons. The summed E-state index contributed by atoms with van der Waals surface area (Å²) >= 11 is 0. The smallest absolute Gasteiger partial charge is 0.323 e. The summed E-state index contributed by atoms with van der Waals surface area (Å²) in [5, 5.41) is 5.79. The molecule has 0 atom stereocenters. The van der Waals surface area contributed by atoms with E-state index < -0.39 is 11.8 Å². The predicted molar refractivity (Wildman–Crippen MR) is 150 cm³/mol. The van der Waals surface area contributed by atoms with Crippen molar-refractivity contribution in [3.63, 3.8) is 0 Å². The summed E-state index contributed by atoms with van der Waals surface area (Å²) in [5.41, 5.74) is 9.95. The number of pyridine rings is 1. The number of carbonyl (C=O) groups is 2. The van der Waals surface area contributed by atoms with Gasteiger partial charge in [-0.15, -0.1) is 0 Å². The van der Waals surface area contributed by atoms with Crippen LogP contribution in [0.3, 0.4) is 0 Å². The lowest BCUT2D eigenvalue weighted by molar-refractivity contribution is 0.0827. The molecule has 0 saturated heterocycles. The van der Waals surface area contributed by atoms with E-state index in [0.717, 1.165) is 11.1 Å². The summed E-state index contributed by atoms with van der Waals surface area (Å²) in [4.78, 5) is 39.0. The van der Waals surface area contributed by atoms with E-state index in [9.17, 15) is 14.0 Å². The molecule has 3 amide bonds. The Morgan fingerprint density at radius 2 is 1.64 bits per heavy atom. The average Bonchev–Trinajstić information content (AvgIpc) is 2.94. The van der Waals surface area contributed by atoms with Gasteiger partial charge in [0.1, 0.15) is 11.6 Å². The number of urea groups is 1. The summed E-state index contributed by atoms with van der Waals surface area (Å²) in [6, 6.07) is 19.5. The molecule has 194 valence electrons. The largest absolute Gasteiger partial charge is 0.383 e. The molecule has 10 heteroatoms. The Bertz CT molecular complexity index is 1690. The van der Waals surface area contributed by atoms with Gasteiger partial charge in [0.05, 0.1) is 11.2 Å². The molecule has 0 aliphatic carbocycles. The third-order valence-corrected chi connectivity index (χ3v) is 5.99. The highest BCUT2D eigenvalue weighted by Crippen LogP contribution is 2.29. The van der Waals surface area contributed by atoms with E-state index in [1.165, 1.54) is 17.0 Å². The first-order valence-corrected chi connectivity index (χ1v) is 12.0. The topological polar surface area (TPSA) is 126 Å². The first-order chi connectivity index (χ1) is 18.8. The van der Waals surface area contributed by atoms with Gasteiger partial charge in [0.15, 0.2) is 5.82 Å². The number of nitrogens with zero attached hydrogens (tertiary/aromatic N) is 4. The van der Waals surface area contributed by atoms with Gasteiger partial charge >= 0.3 is 6.03 Å². The Morgan fingerprint density at radius 1 is 0.872 bits per heavy atom.